The molecule has 0 bridgehead atoms. The Labute approximate surface area is 321 Å². The largest absolute Gasteiger partial charge is 0.455 e. The second-order valence-electron chi connectivity index (χ2n) is 13.8. The summed E-state index contributed by atoms with van der Waals surface area (Å²) in [6.07, 6.45) is 0. The number of fused-ring (bicyclic) bond motifs is 5. The van der Waals surface area contributed by atoms with E-state index in [0.717, 1.165) is 71.6 Å². The average molecular weight is 719 g/mol. The molecule has 3 heterocycles. The van der Waals surface area contributed by atoms with Crippen LogP contribution < -0.4 is 0 Å². The number of hydrogen-bond donors (Lipinski definition) is 0. The number of rotatable bonds is 6. The lowest BCUT2D eigenvalue weighted by Gasteiger charge is -2.08. The quantitative estimate of drug-likeness (QED) is 0.170. The van der Waals surface area contributed by atoms with Crippen LogP contribution in [0.2, 0.25) is 0 Å². The molecule has 0 aliphatic rings. The van der Waals surface area contributed by atoms with Crippen molar-refractivity contribution in [3.05, 3.63) is 182 Å². The van der Waals surface area contributed by atoms with Crippen LogP contribution in [-0.2, 0) is 0 Å². The Balaban J connectivity index is 1.06. The summed E-state index contributed by atoms with van der Waals surface area (Å²) in [7, 11) is 0. The number of oxazole rings is 1. The zero-order valence-corrected chi connectivity index (χ0v) is 29.9. The van der Waals surface area contributed by atoms with E-state index in [1.165, 1.54) is 11.1 Å². The fraction of sp³-hybridized carbons (Fsp3) is 0. The molecule has 56 heavy (non-hydrogen) atoms. The van der Waals surface area contributed by atoms with Gasteiger partial charge in [0.15, 0.2) is 23.1 Å². The van der Waals surface area contributed by atoms with Crippen LogP contribution >= 0.6 is 0 Å². The lowest BCUT2D eigenvalue weighted by molar-refractivity contribution is 0.621. The highest BCUT2D eigenvalue weighted by Gasteiger charge is 2.22. The second-order valence-corrected chi connectivity index (χ2v) is 13.8. The van der Waals surface area contributed by atoms with Crippen LogP contribution in [0.3, 0.4) is 0 Å². The Morgan fingerprint density at radius 3 is 1.70 bits per heavy atom. The molecule has 0 aliphatic carbocycles. The molecule has 0 spiro atoms. The van der Waals surface area contributed by atoms with Crippen molar-refractivity contribution in [2.45, 2.75) is 0 Å². The SMILES string of the molecule is c1ccc(-c2nc(-c3ccccc3)nc(-c3cccc4c3oc3cccc(-c5cccc6nc(-c7ccc8cccc(-c9ccccc9)c8c7)oc56)c34)n2)cc1. The molecule has 0 amide bonds. The molecule has 0 N–H and O–H groups in total. The van der Waals surface area contributed by atoms with E-state index in [1.54, 1.807) is 0 Å². The first-order valence-electron chi connectivity index (χ1n) is 18.6. The molecule has 0 saturated heterocycles. The summed E-state index contributed by atoms with van der Waals surface area (Å²) in [6, 6.07) is 61.7. The third-order valence-corrected chi connectivity index (χ3v) is 10.4. The van der Waals surface area contributed by atoms with Crippen molar-refractivity contribution in [1.82, 2.24) is 19.9 Å². The molecule has 0 unspecified atom stereocenters. The first kappa shape index (κ1) is 31.8. The summed E-state index contributed by atoms with van der Waals surface area (Å²) in [5, 5.41) is 4.24. The maximum atomic E-state index is 6.72. The molecular weight excluding hydrogens is 689 g/mol. The lowest BCUT2D eigenvalue weighted by Crippen LogP contribution is -2.00. The highest BCUT2D eigenvalue weighted by atomic mass is 16.3. The zero-order valence-electron chi connectivity index (χ0n) is 29.9. The molecule has 0 radical (unpaired) electrons. The predicted molar refractivity (Wildman–Crippen MR) is 225 cm³/mol. The van der Waals surface area contributed by atoms with E-state index in [9.17, 15) is 0 Å². The van der Waals surface area contributed by atoms with Crippen molar-refractivity contribution in [2.75, 3.05) is 0 Å². The molecule has 0 atom stereocenters. The van der Waals surface area contributed by atoms with E-state index in [4.69, 9.17) is 28.8 Å². The van der Waals surface area contributed by atoms with Crippen molar-refractivity contribution in [2.24, 2.45) is 0 Å². The number of hydrogen-bond acceptors (Lipinski definition) is 6. The molecule has 0 fully saturated rings. The molecule has 0 aliphatic heterocycles. The molecule has 262 valence electrons. The van der Waals surface area contributed by atoms with Gasteiger partial charge in [-0.25, -0.2) is 19.9 Å². The van der Waals surface area contributed by atoms with Crippen LogP contribution in [0.4, 0.5) is 0 Å². The molecule has 3 aromatic heterocycles. The van der Waals surface area contributed by atoms with Crippen molar-refractivity contribution < 1.29 is 8.83 Å². The van der Waals surface area contributed by atoms with Crippen molar-refractivity contribution in [1.29, 1.82) is 0 Å². The predicted octanol–water partition coefficient (Wildman–Crippen LogP) is 13.1. The van der Waals surface area contributed by atoms with E-state index < -0.39 is 0 Å². The Kier molecular flexibility index (Phi) is 7.38. The fourth-order valence-corrected chi connectivity index (χ4v) is 7.74. The van der Waals surface area contributed by atoms with Gasteiger partial charge < -0.3 is 8.83 Å². The van der Waals surface area contributed by atoms with Crippen LogP contribution in [0.25, 0.3) is 112 Å². The van der Waals surface area contributed by atoms with Gasteiger partial charge in [0.1, 0.15) is 16.7 Å². The van der Waals surface area contributed by atoms with Crippen molar-refractivity contribution >= 4 is 43.8 Å². The van der Waals surface area contributed by atoms with Gasteiger partial charge in [0.05, 0.1) is 5.56 Å². The van der Waals surface area contributed by atoms with Gasteiger partial charge in [0.2, 0.25) is 5.89 Å². The molecule has 6 nitrogen and oxygen atoms in total. The van der Waals surface area contributed by atoms with Crippen molar-refractivity contribution in [3.8, 4) is 67.9 Å². The summed E-state index contributed by atoms with van der Waals surface area (Å²) in [6.45, 7) is 0. The monoisotopic (exact) mass is 718 g/mol. The summed E-state index contributed by atoms with van der Waals surface area (Å²) >= 11 is 0. The summed E-state index contributed by atoms with van der Waals surface area (Å²) < 4.78 is 13.4. The molecule has 11 rings (SSSR count). The van der Waals surface area contributed by atoms with E-state index in [1.807, 2.05) is 103 Å². The van der Waals surface area contributed by atoms with Crippen LogP contribution in [0.15, 0.2) is 191 Å². The topological polar surface area (TPSA) is 77.8 Å². The Hall–Kier alpha value is -7.70. The van der Waals surface area contributed by atoms with E-state index >= 15 is 0 Å². The third kappa shape index (κ3) is 5.35. The lowest BCUT2D eigenvalue weighted by atomic mass is 9.97. The Bertz CT molecular complexity index is 3190. The van der Waals surface area contributed by atoms with Crippen LogP contribution in [-0.4, -0.2) is 19.9 Å². The molecule has 11 aromatic rings. The third-order valence-electron chi connectivity index (χ3n) is 10.4. The zero-order chi connectivity index (χ0) is 37.0. The van der Waals surface area contributed by atoms with Gasteiger partial charge in [0, 0.05) is 33.0 Å². The smallest absolute Gasteiger partial charge is 0.227 e. The summed E-state index contributed by atoms with van der Waals surface area (Å²) in [5.74, 6) is 2.30. The molecule has 0 saturated carbocycles. The molecular formula is C50H30N4O2. The van der Waals surface area contributed by atoms with E-state index in [0.29, 0.717) is 28.9 Å². The minimum absolute atomic E-state index is 0.539. The van der Waals surface area contributed by atoms with Gasteiger partial charge in [-0.1, -0.05) is 152 Å². The van der Waals surface area contributed by atoms with Gasteiger partial charge in [-0.2, -0.15) is 0 Å². The van der Waals surface area contributed by atoms with Gasteiger partial charge >= 0.3 is 0 Å². The maximum absolute atomic E-state index is 6.72. The standard InChI is InChI=1S/C50H30N4O2/c1-4-14-31(15-5-1)36-21-10-20-32-28-29-35(30-41(32)36)50-51-42-26-12-23-38(46(42)56-50)37-22-13-27-43-44(37)39-24-11-25-40(45(39)55-43)49-53-47(33-16-6-2-7-17-33)52-48(54-49)34-18-8-3-9-19-34/h1-30H. The normalized spacial score (nSPS) is 11.6. The van der Waals surface area contributed by atoms with Gasteiger partial charge in [-0.15, -0.1) is 0 Å². The Morgan fingerprint density at radius 2 is 0.946 bits per heavy atom. The first-order chi connectivity index (χ1) is 27.7. The number of furan rings is 1. The highest BCUT2D eigenvalue weighted by molar-refractivity contribution is 6.16. The van der Waals surface area contributed by atoms with Gasteiger partial charge in [-0.05, 0) is 57.8 Å². The van der Waals surface area contributed by atoms with Crippen LogP contribution in [0.5, 0.6) is 0 Å². The number of para-hydroxylation sites is 2. The molecule has 6 heteroatoms. The van der Waals surface area contributed by atoms with Gasteiger partial charge in [0.25, 0.3) is 0 Å². The van der Waals surface area contributed by atoms with E-state index in [-0.39, 0.29) is 0 Å². The number of nitrogens with zero attached hydrogens (tertiary/aromatic N) is 4. The fourth-order valence-electron chi connectivity index (χ4n) is 7.74. The van der Waals surface area contributed by atoms with Crippen molar-refractivity contribution in [3.63, 3.8) is 0 Å². The van der Waals surface area contributed by atoms with Crippen LogP contribution in [0.1, 0.15) is 0 Å². The minimum Gasteiger partial charge on any atom is -0.455 e. The highest BCUT2D eigenvalue weighted by Crippen LogP contribution is 2.43. The first-order valence-corrected chi connectivity index (χ1v) is 18.6. The van der Waals surface area contributed by atoms with Crippen LogP contribution in [0, 0.1) is 0 Å². The van der Waals surface area contributed by atoms with Gasteiger partial charge in [-0.3, -0.25) is 0 Å². The molecule has 8 aromatic carbocycles. The average Bonchev–Trinajstić information content (AvgIpc) is 3.89. The summed E-state index contributed by atoms with van der Waals surface area (Å²) in [4.78, 5) is 19.9. The minimum atomic E-state index is 0.539. The maximum Gasteiger partial charge on any atom is 0.227 e. The number of aromatic nitrogens is 4. The summed E-state index contributed by atoms with van der Waals surface area (Å²) in [5.41, 5.74) is 10.7. The Morgan fingerprint density at radius 1 is 0.339 bits per heavy atom. The number of benzene rings is 8. The van der Waals surface area contributed by atoms with E-state index in [2.05, 4.69) is 78.9 Å². The second kappa shape index (κ2) is 13.0.